The SMILES string of the molecule is BrCC1CO1.C1OC1COC1COC2C(OCC3CO3)COC12.C=C(C)C(=O)O.C=C(C)C(=O)OCC(O)COC1COC2C(OCC(O)COC(=O)C(=C)C)COC12.OC1COC2C(O)COC12. The second-order valence-corrected chi connectivity index (χ2v) is 18.2. The molecule has 5 N–H and O–H groups in total. The number of epoxide rings is 3. The molecule has 0 radical (unpaired) electrons. The third-order valence-electron chi connectivity index (χ3n) is 11.2. The fraction of sp³-hybridized carbons (Fsp3) is 0.800. The van der Waals surface area contributed by atoms with Crippen LogP contribution >= 0.6 is 15.9 Å². The summed E-state index contributed by atoms with van der Waals surface area (Å²) in [5.74, 6) is -2.09. The Morgan fingerprint density at radius 3 is 1.06 bits per heavy atom. The first kappa shape index (κ1) is 57.3. The van der Waals surface area contributed by atoms with Gasteiger partial charge in [0.2, 0.25) is 0 Å². The zero-order valence-corrected chi connectivity index (χ0v) is 40.8. The largest absolute Gasteiger partial charge is 0.478 e. The monoisotopic (exact) mass is 1060 g/mol. The normalized spacial score (nSPS) is 35.6. The molecule has 0 aliphatic carbocycles. The maximum absolute atomic E-state index is 11.3. The lowest BCUT2D eigenvalue weighted by Crippen LogP contribution is -2.37. The fourth-order valence-electron chi connectivity index (χ4n) is 6.99. The molecule has 0 bridgehead atoms. The summed E-state index contributed by atoms with van der Waals surface area (Å²) in [6.07, 6.45) is -4.07. The van der Waals surface area contributed by atoms with Gasteiger partial charge >= 0.3 is 17.9 Å². The van der Waals surface area contributed by atoms with Crippen LogP contribution in [0.4, 0.5) is 0 Å². The van der Waals surface area contributed by atoms with Crippen molar-refractivity contribution in [3.05, 3.63) is 36.5 Å². The number of halogens is 1. The Morgan fingerprint density at radius 2 is 0.797 bits per heavy atom. The molecule has 0 aromatic carbocycles. The number of fused-ring (bicyclic) bond motifs is 3. The molecular weight excluding hydrogens is 988 g/mol. The minimum atomic E-state index is -0.988. The van der Waals surface area contributed by atoms with Gasteiger partial charge in [-0.15, -0.1) is 0 Å². The van der Waals surface area contributed by atoms with Crippen molar-refractivity contribution in [1.82, 2.24) is 0 Å². The van der Waals surface area contributed by atoms with Gasteiger partial charge in [0.15, 0.2) is 0 Å². The summed E-state index contributed by atoms with van der Waals surface area (Å²) in [6.45, 7) is 20.2. The summed E-state index contributed by atoms with van der Waals surface area (Å²) in [4.78, 5) is 32.3. The Balaban J connectivity index is 0.000000189. The van der Waals surface area contributed by atoms with Crippen LogP contribution in [0, 0.1) is 0 Å². The van der Waals surface area contributed by atoms with Crippen molar-refractivity contribution < 1.29 is 111 Å². The van der Waals surface area contributed by atoms with Crippen LogP contribution in [0.2, 0.25) is 0 Å². The van der Waals surface area contributed by atoms with E-state index < -0.39 is 54.5 Å². The molecule has 24 heteroatoms. The highest BCUT2D eigenvalue weighted by Crippen LogP contribution is 2.33. The molecule has 9 aliphatic rings. The van der Waals surface area contributed by atoms with Crippen LogP contribution in [-0.4, -0.2) is 252 Å². The van der Waals surface area contributed by atoms with Gasteiger partial charge in [0, 0.05) is 22.0 Å². The summed E-state index contributed by atoms with van der Waals surface area (Å²) in [5.41, 5.74) is 0.675. The predicted octanol–water partition coefficient (Wildman–Crippen LogP) is -1.20. The maximum atomic E-state index is 11.3. The molecule has 9 saturated heterocycles. The van der Waals surface area contributed by atoms with Gasteiger partial charge in [-0.2, -0.15) is 0 Å². The first-order valence-electron chi connectivity index (χ1n) is 22.8. The third kappa shape index (κ3) is 19.4. The van der Waals surface area contributed by atoms with E-state index in [2.05, 4.69) is 35.7 Å². The number of carboxylic acids is 1. The minimum Gasteiger partial charge on any atom is -0.478 e. The summed E-state index contributed by atoms with van der Waals surface area (Å²) < 4.78 is 80.7. The number of aliphatic carboxylic acids is 1. The molecule has 9 fully saturated rings. The average molecular weight is 1060 g/mol. The summed E-state index contributed by atoms with van der Waals surface area (Å²) >= 11 is 3.25. The van der Waals surface area contributed by atoms with Crippen LogP contribution in [0.25, 0.3) is 0 Å². The van der Waals surface area contributed by atoms with Crippen molar-refractivity contribution in [2.75, 3.05) is 104 Å². The van der Waals surface area contributed by atoms with E-state index in [4.69, 9.17) is 86.4 Å². The Bertz CT molecular complexity index is 1550. The first-order chi connectivity index (χ1) is 32.9. The zero-order valence-electron chi connectivity index (χ0n) is 39.2. The van der Waals surface area contributed by atoms with Gasteiger partial charge in [-0.1, -0.05) is 35.7 Å². The minimum absolute atomic E-state index is 0.00821. The maximum Gasteiger partial charge on any atom is 0.333 e. The van der Waals surface area contributed by atoms with E-state index in [1.165, 1.54) is 20.8 Å². The average Bonchev–Trinajstić information content (AvgIpc) is 4.28. The molecule has 9 rings (SSSR count). The van der Waals surface area contributed by atoms with Crippen LogP contribution in [0.5, 0.6) is 0 Å². The van der Waals surface area contributed by atoms with E-state index >= 15 is 0 Å². The van der Waals surface area contributed by atoms with E-state index in [-0.39, 0.29) is 131 Å². The van der Waals surface area contributed by atoms with Gasteiger partial charge in [-0.25, -0.2) is 14.4 Å². The number of alkyl halides is 1. The molecule has 0 spiro atoms. The van der Waals surface area contributed by atoms with Crippen LogP contribution in [0.15, 0.2) is 36.5 Å². The lowest BCUT2D eigenvalue weighted by molar-refractivity contribution is -0.144. The van der Waals surface area contributed by atoms with Crippen LogP contribution in [-0.2, 0) is 85.4 Å². The van der Waals surface area contributed by atoms with Gasteiger partial charge in [-0.05, 0) is 20.8 Å². The molecule has 0 aromatic heterocycles. The van der Waals surface area contributed by atoms with Gasteiger partial charge in [0.1, 0.15) is 111 Å². The summed E-state index contributed by atoms with van der Waals surface area (Å²) in [5, 5.41) is 47.0. The highest BCUT2D eigenvalue weighted by Gasteiger charge is 2.51. The summed E-state index contributed by atoms with van der Waals surface area (Å²) in [6, 6.07) is 0. The molecule has 0 aromatic rings. The number of hydrogen-bond acceptors (Lipinski definition) is 22. The molecule has 9 aliphatic heterocycles. The molecular formula is C45H69BrO23. The quantitative estimate of drug-likeness (QED) is 0.0414. The smallest absolute Gasteiger partial charge is 0.333 e. The molecule has 9 heterocycles. The molecule has 0 amide bonds. The lowest BCUT2D eigenvalue weighted by atomic mass is 10.1. The van der Waals surface area contributed by atoms with Crippen LogP contribution < -0.4 is 0 Å². The van der Waals surface area contributed by atoms with Gasteiger partial charge < -0.3 is 96.6 Å². The number of aliphatic hydroxyl groups is 4. The number of rotatable bonds is 20. The Labute approximate surface area is 409 Å². The van der Waals surface area contributed by atoms with Gasteiger partial charge in [0.25, 0.3) is 0 Å². The van der Waals surface area contributed by atoms with Gasteiger partial charge in [0.05, 0.1) is 92.0 Å². The van der Waals surface area contributed by atoms with Crippen molar-refractivity contribution in [2.24, 2.45) is 0 Å². The van der Waals surface area contributed by atoms with Crippen molar-refractivity contribution in [3.63, 3.8) is 0 Å². The fourth-order valence-corrected chi connectivity index (χ4v) is 7.37. The number of aliphatic hydroxyl groups excluding tert-OH is 4. The lowest BCUT2D eigenvalue weighted by Gasteiger charge is -2.19. The van der Waals surface area contributed by atoms with Crippen molar-refractivity contribution in [3.8, 4) is 0 Å². The van der Waals surface area contributed by atoms with Crippen molar-refractivity contribution in [1.29, 1.82) is 0 Å². The van der Waals surface area contributed by atoms with E-state index in [0.29, 0.717) is 32.5 Å². The Hall–Kier alpha value is -2.57. The number of hydrogen-bond donors (Lipinski definition) is 5. The molecule has 23 nitrogen and oxygen atoms in total. The Morgan fingerprint density at radius 1 is 0.493 bits per heavy atom. The van der Waals surface area contributed by atoms with Crippen LogP contribution in [0.1, 0.15) is 20.8 Å². The van der Waals surface area contributed by atoms with E-state index in [9.17, 15) is 24.6 Å². The molecule has 0 saturated carbocycles. The van der Waals surface area contributed by atoms with E-state index in [1.807, 2.05) is 0 Å². The second-order valence-electron chi connectivity index (χ2n) is 17.6. The molecule has 17 atom stereocenters. The number of carboxylic acid groups (broad SMARTS) is 1. The van der Waals surface area contributed by atoms with Crippen molar-refractivity contribution >= 4 is 33.8 Å². The highest BCUT2D eigenvalue weighted by atomic mass is 79.9. The van der Waals surface area contributed by atoms with E-state index in [0.717, 1.165) is 25.2 Å². The van der Waals surface area contributed by atoms with Crippen LogP contribution in [0.3, 0.4) is 0 Å². The number of ether oxygens (including phenoxy) is 15. The molecule has 17 unspecified atom stereocenters. The zero-order chi connectivity index (χ0) is 50.2. The standard InChI is InChI=1S/C20H30O10.C12H18O6.C6H10O4.C4H6O2.C3H5BrO/c1-11(2)19(23)29-7-13(21)5-25-15-9-27-18-16(10-28-17(15)18)26-6-14(22)8-30-20(24)12(3)4;1-7(13-1)3-15-9-5-17-12-10(6-18-11(9)12)16-4-8-2-14-8;7-3-1-9-6-4(8)2-10-5(3)6;1-3(2)4(5)6;4-1-3-2-5-3/h13-18,21-22H,1,3,5-10H2,2,4H3;7-12H,1-6H2;3-8H,1-2H2;1H2,2H3,(H,5,6);3H,1-2H2. The molecule has 394 valence electrons. The number of carbonyl (C=O) groups excluding carboxylic acids is 2. The number of esters is 2. The Kier molecular flexibility index (Phi) is 23.8. The number of carbonyl (C=O) groups is 3. The second kappa shape index (κ2) is 28.6. The van der Waals surface area contributed by atoms with Crippen molar-refractivity contribution in [2.45, 2.75) is 125 Å². The topological polar surface area (TPSA) is 301 Å². The highest BCUT2D eigenvalue weighted by molar-refractivity contribution is 9.09. The third-order valence-corrected chi connectivity index (χ3v) is 11.9. The van der Waals surface area contributed by atoms with Gasteiger partial charge in [-0.3, -0.25) is 0 Å². The van der Waals surface area contributed by atoms with E-state index in [1.54, 1.807) is 0 Å². The predicted molar refractivity (Wildman–Crippen MR) is 238 cm³/mol. The first-order valence-corrected chi connectivity index (χ1v) is 23.9. The summed E-state index contributed by atoms with van der Waals surface area (Å²) in [7, 11) is 0. The molecule has 69 heavy (non-hydrogen) atoms.